The monoisotopic (exact) mass is 215 g/mol. The van der Waals surface area contributed by atoms with Gasteiger partial charge in [0.05, 0.1) is 11.8 Å². The van der Waals surface area contributed by atoms with Crippen LogP contribution in [0.1, 0.15) is 18.6 Å². The van der Waals surface area contributed by atoms with Gasteiger partial charge in [-0.15, -0.1) is 0 Å². The Morgan fingerprint density at radius 1 is 1.44 bits per heavy atom. The Kier molecular flexibility index (Phi) is 2.07. The number of aromatic nitrogens is 2. The number of halogens is 1. The van der Waals surface area contributed by atoms with Crippen LogP contribution in [0.5, 0.6) is 0 Å². The minimum atomic E-state index is -0.259. The van der Waals surface area contributed by atoms with Gasteiger partial charge in [-0.25, -0.2) is 9.07 Å². The molecular formula is C11H9BFN2O. The summed E-state index contributed by atoms with van der Waals surface area (Å²) in [5.41, 5.74) is 2.53. The van der Waals surface area contributed by atoms with Gasteiger partial charge in [-0.2, -0.15) is 5.10 Å². The number of benzene rings is 1. The first-order valence-electron chi connectivity index (χ1n) is 5.08. The zero-order valence-electron chi connectivity index (χ0n) is 8.72. The number of nitrogens with zero attached hydrogens (tertiary/aromatic N) is 2. The molecule has 5 heteroatoms. The van der Waals surface area contributed by atoms with Crippen LogP contribution in [-0.2, 0) is 4.65 Å². The molecule has 3 nitrogen and oxygen atoms in total. The lowest BCUT2D eigenvalue weighted by Crippen LogP contribution is -2.23. The molecular weight excluding hydrogens is 206 g/mol. The molecule has 0 spiro atoms. The van der Waals surface area contributed by atoms with Crippen LogP contribution in [0.2, 0.25) is 0 Å². The summed E-state index contributed by atoms with van der Waals surface area (Å²) >= 11 is 0. The summed E-state index contributed by atoms with van der Waals surface area (Å²) in [7, 11) is 1.65. The maximum Gasteiger partial charge on any atom is 0.351 e. The van der Waals surface area contributed by atoms with E-state index in [9.17, 15) is 4.39 Å². The van der Waals surface area contributed by atoms with Crippen molar-refractivity contribution < 1.29 is 9.04 Å². The van der Waals surface area contributed by atoms with Gasteiger partial charge in [0, 0.05) is 17.4 Å². The van der Waals surface area contributed by atoms with Crippen molar-refractivity contribution in [1.29, 1.82) is 0 Å². The highest BCUT2D eigenvalue weighted by Gasteiger charge is 2.21. The van der Waals surface area contributed by atoms with E-state index in [1.165, 1.54) is 12.1 Å². The van der Waals surface area contributed by atoms with Gasteiger partial charge >= 0.3 is 7.48 Å². The Morgan fingerprint density at radius 2 is 2.31 bits per heavy atom. The van der Waals surface area contributed by atoms with E-state index < -0.39 is 0 Å². The lowest BCUT2D eigenvalue weighted by Gasteiger charge is -2.13. The van der Waals surface area contributed by atoms with Gasteiger partial charge in [0.1, 0.15) is 5.82 Å². The highest BCUT2D eigenvalue weighted by atomic mass is 19.1. The van der Waals surface area contributed by atoms with Gasteiger partial charge in [0.2, 0.25) is 0 Å². The van der Waals surface area contributed by atoms with Crippen molar-refractivity contribution in [2.24, 2.45) is 0 Å². The highest BCUT2D eigenvalue weighted by Crippen LogP contribution is 2.26. The average Bonchev–Trinajstić information content (AvgIpc) is 2.69. The lowest BCUT2D eigenvalue weighted by molar-refractivity contribution is 0.245. The minimum Gasteiger partial charge on any atom is -0.426 e. The summed E-state index contributed by atoms with van der Waals surface area (Å²) in [6.45, 7) is 1.89. The molecule has 0 amide bonds. The fraction of sp³-hybridized carbons (Fsp3) is 0.182. The van der Waals surface area contributed by atoms with E-state index in [2.05, 4.69) is 5.10 Å². The van der Waals surface area contributed by atoms with Crippen molar-refractivity contribution in [2.45, 2.75) is 13.0 Å². The van der Waals surface area contributed by atoms with Crippen LogP contribution in [0, 0.1) is 5.82 Å². The number of fused-ring (bicyclic) bond motifs is 3. The summed E-state index contributed by atoms with van der Waals surface area (Å²) in [5.74, 6) is -0.259. The van der Waals surface area contributed by atoms with Crippen LogP contribution in [0.4, 0.5) is 4.39 Å². The quantitative estimate of drug-likeness (QED) is 0.620. The molecule has 0 N–H and O–H groups in total. The van der Waals surface area contributed by atoms with E-state index >= 15 is 0 Å². The first-order chi connectivity index (χ1) is 7.75. The molecule has 0 saturated heterocycles. The Hall–Kier alpha value is -1.62. The Labute approximate surface area is 93.1 Å². The molecule has 1 aliphatic rings. The van der Waals surface area contributed by atoms with Gasteiger partial charge in [0.25, 0.3) is 0 Å². The molecule has 1 aromatic carbocycles. The molecule has 1 aromatic heterocycles. The lowest BCUT2D eigenvalue weighted by atomic mass is 9.95. The van der Waals surface area contributed by atoms with Crippen molar-refractivity contribution in [3.8, 4) is 5.69 Å². The molecule has 1 aliphatic heterocycles. The van der Waals surface area contributed by atoms with Crippen molar-refractivity contribution >= 4 is 13.1 Å². The summed E-state index contributed by atoms with van der Waals surface area (Å²) in [6, 6.07) is 6.50. The van der Waals surface area contributed by atoms with Crippen molar-refractivity contribution in [3.63, 3.8) is 0 Å². The molecule has 1 atom stereocenters. The molecule has 2 aromatic rings. The molecule has 0 bridgehead atoms. The predicted molar refractivity (Wildman–Crippen MR) is 58.4 cm³/mol. The molecule has 2 heterocycles. The fourth-order valence-electron chi connectivity index (χ4n) is 1.89. The highest BCUT2D eigenvalue weighted by molar-refractivity contribution is 6.46. The summed E-state index contributed by atoms with van der Waals surface area (Å²) in [6.07, 6.45) is 1.52. The van der Waals surface area contributed by atoms with Gasteiger partial charge in [-0.3, -0.25) is 0 Å². The number of hydrogen-bond acceptors (Lipinski definition) is 2. The second-order valence-electron chi connectivity index (χ2n) is 3.77. The molecule has 16 heavy (non-hydrogen) atoms. The SMILES string of the molecule is C[C@H]1O[B]c2ccnn2-c2ccc(F)cc21. The molecule has 3 rings (SSSR count). The molecule has 0 aliphatic carbocycles. The van der Waals surface area contributed by atoms with E-state index in [-0.39, 0.29) is 11.9 Å². The van der Waals surface area contributed by atoms with Crippen LogP contribution < -0.4 is 5.59 Å². The number of hydrogen-bond donors (Lipinski definition) is 0. The van der Waals surface area contributed by atoms with E-state index in [1.54, 1.807) is 24.4 Å². The third kappa shape index (κ3) is 1.36. The van der Waals surface area contributed by atoms with Crippen LogP contribution >= 0.6 is 0 Å². The Bertz CT molecular complexity index is 541. The van der Waals surface area contributed by atoms with E-state index in [0.29, 0.717) is 0 Å². The maximum atomic E-state index is 13.2. The maximum absolute atomic E-state index is 13.2. The first-order valence-corrected chi connectivity index (χ1v) is 5.08. The summed E-state index contributed by atoms with van der Waals surface area (Å²) in [4.78, 5) is 0. The predicted octanol–water partition coefficient (Wildman–Crippen LogP) is 1.35. The minimum absolute atomic E-state index is 0.174. The van der Waals surface area contributed by atoms with Gasteiger partial charge < -0.3 is 4.65 Å². The van der Waals surface area contributed by atoms with Gasteiger partial charge in [-0.05, 0) is 31.2 Å². The normalized spacial score (nSPS) is 18.2. The number of rotatable bonds is 0. The third-order valence-electron chi connectivity index (χ3n) is 2.72. The molecule has 0 fully saturated rings. The van der Waals surface area contributed by atoms with Crippen molar-refractivity contribution in [1.82, 2.24) is 9.78 Å². The third-order valence-corrected chi connectivity index (χ3v) is 2.72. The summed E-state index contributed by atoms with van der Waals surface area (Å²) < 4.78 is 20.5. The van der Waals surface area contributed by atoms with Crippen molar-refractivity contribution in [3.05, 3.63) is 41.8 Å². The molecule has 0 unspecified atom stereocenters. The summed E-state index contributed by atoms with van der Waals surface area (Å²) in [5, 5.41) is 4.21. The fourth-order valence-corrected chi connectivity index (χ4v) is 1.89. The zero-order chi connectivity index (χ0) is 11.1. The zero-order valence-corrected chi connectivity index (χ0v) is 8.72. The van der Waals surface area contributed by atoms with E-state index in [4.69, 9.17) is 4.65 Å². The van der Waals surface area contributed by atoms with E-state index in [1.807, 2.05) is 13.0 Å². The average molecular weight is 215 g/mol. The van der Waals surface area contributed by atoms with Crippen molar-refractivity contribution in [2.75, 3.05) is 0 Å². The molecule has 1 radical (unpaired) electrons. The smallest absolute Gasteiger partial charge is 0.351 e. The molecule has 0 saturated carbocycles. The van der Waals surface area contributed by atoms with Crippen LogP contribution in [-0.4, -0.2) is 17.3 Å². The second kappa shape index (κ2) is 3.45. The Morgan fingerprint density at radius 3 is 3.19 bits per heavy atom. The Balaban J connectivity index is 2.27. The second-order valence-corrected chi connectivity index (χ2v) is 3.77. The molecule has 79 valence electrons. The van der Waals surface area contributed by atoms with Gasteiger partial charge in [0.15, 0.2) is 0 Å². The first kappa shape index (κ1) is 9.60. The van der Waals surface area contributed by atoms with Crippen LogP contribution in [0.25, 0.3) is 5.69 Å². The van der Waals surface area contributed by atoms with Crippen LogP contribution in [0.15, 0.2) is 30.5 Å². The van der Waals surface area contributed by atoms with E-state index in [0.717, 1.165) is 16.8 Å². The van der Waals surface area contributed by atoms with Crippen LogP contribution in [0.3, 0.4) is 0 Å². The topological polar surface area (TPSA) is 27.1 Å². The largest absolute Gasteiger partial charge is 0.426 e. The van der Waals surface area contributed by atoms with Gasteiger partial charge in [-0.1, -0.05) is 0 Å². The standard InChI is InChI=1S/C11H9BFN2O/c1-7-9-6-8(13)2-3-10(9)15-11(12-16-7)4-5-14-15/h2-7H,1H3/t7-/m1/s1.